The fraction of sp³-hybridized carbons (Fsp3) is 0.127. The summed E-state index contributed by atoms with van der Waals surface area (Å²) in [7, 11) is 0. The highest BCUT2D eigenvalue weighted by molar-refractivity contribution is 7.00. The number of para-hydroxylation sites is 6. The quantitative estimate of drug-likeness (QED) is 0.157. The third-order valence-corrected chi connectivity index (χ3v) is 12.9. The molecule has 2 aliphatic rings. The molecule has 1 aromatic heterocycles. The van der Waals surface area contributed by atoms with Gasteiger partial charge in [0.25, 0.3) is 6.71 Å². The maximum absolute atomic E-state index is 6.84. The number of rotatable bonds is 6. The molecule has 0 aliphatic carbocycles. The maximum Gasteiger partial charge on any atom is 0.252 e. The standard InChI is InChI=1S/C55H46BN3O/c1-34(2)39-28-30-40(31-29-39)57(48-26-15-21-43-42-20-9-12-27-51(42)60-55(43)48)41-32-49-52-50(33-41)59(47-25-11-8-17-36(47)4)54-38(6)19-14-23-45(54)56(52)44-22-13-18-37(5)53(44)58(49)46-24-10-7-16-35(46)3/h7-34H,1-6H3. The van der Waals surface area contributed by atoms with Crippen LogP contribution in [0.15, 0.2) is 168 Å². The van der Waals surface area contributed by atoms with Crippen LogP contribution in [0.1, 0.15) is 47.6 Å². The fourth-order valence-electron chi connectivity index (χ4n) is 10.0. The van der Waals surface area contributed by atoms with Crippen LogP contribution in [-0.4, -0.2) is 6.71 Å². The molecule has 60 heavy (non-hydrogen) atoms. The second kappa shape index (κ2) is 13.8. The van der Waals surface area contributed by atoms with Gasteiger partial charge in [-0.05, 0) is 126 Å². The van der Waals surface area contributed by atoms with E-state index in [4.69, 9.17) is 4.42 Å². The molecule has 0 bridgehead atoms. The number of nitrogens with zero attached hydrogens (tertiary/aromatic N) is 3. The molecule has 0 atom stereocenters. The summed E-state index contributed by atoms with van der Waals surface area (Å²) in [5.74, 6) is 0.411. The molecule has 0 amide bonds. The van der Waals surface area contributed by atoms with E-state index in [-0.39, 0.29) is 6.71 Å². The van der Waals surface area contributed by atoms with Gasteiger partial charge in [0, 0.05) is 50.6 Å². The van der Waals surface area contributed by atoms with E-state index >= 15 is 0 Å². The van der Waals surface area contributed by atoms with Gasteiger partial charge in [-0.3, -0.25) is 0 Å². The van der Waals surface area contributed by atoms with Crippen LogP contribution in [0, 0.1) is 27.7 Å². The number of aryl methyl sites for hydroxylation is 4. The monoisotopic (exact) mass is 775 g/mol. The summed E-state index contributed by atoms with van der Waals surface area (Å²) in [6, 6.07) is 60.4. The van der Waals surface area contributed by atoms with Crippen molar-refractivity contribution in [1.29, 1.82) is 0 Å². The Kier molecular flexibility index (Phi) is 8.32. The molecule has 0 spiro atoms. The molecule has 4 nitrogen and oxygen atoms in total. The number of hydrogen-bond acceptors (Lipinski definition) is 4. The first-order valence-corrected chi connectivity index (χ1v) is 21.2. The average molecular weight is 776 g/mol. The Morgan fingerprint density at radius 2 is 1.00 bits per heavy atom. The molecule has 0 saturated heterocycles. The molecular formula is C55H46BN3O. The minimum Gasteiger partial charge on any atom is -0.454 e. The number of furan rings is 1. The summed E-state index contributed by atoms with van der Waals surface area (Å²) in [5.41, 5.74) is 22.3. The minimum absolute atomic E-state index is 0.0203. The molecule has 2 aliphatic heterocycles. The molecule has 290 valence electrons. The van der Waals surface area contributed by atoms with Crippen molar-refractivity contribution in [3.63, 3.8) is 0 Å². The van der Waals surface area contributed by atoms with Crippen LogP contribution in [-0.2, 0) is 0 Å². The predicted octanol–water partition coefficient (Wildman–Crippen LogP) is 13.5. The summed E-state index contributed by atoms with van der Waals surface area (Å²) in [4.78, 5) is 7.53. The van der Waals surface area contributed by atoms with E-state index in [1.54, 1.807) is 0 Å². The first kappa shape index (κ1) is 36.1. The maximum atomic E-state index is 6.84. The van der Waals surface area contributed by atoms with Crippen molar-refractivity contribution in [2.75, 3.05) is 14.7 Å². The topological polar surface area (TPSA) is 22.9 Å². The summed E-state index contributed by atoms with van der Waals surface area (Å²) in [5, 5.41) is 2.21. The minimum atomic E-state index is 0.0203. The Balaban J connectivity index is 1.30. The van der Waals surface area contributed by atoms with Gasteiger partial charge in [0.15, 0.2) is 5.58 Å². The second-order valence-electron chi connectivity index (χ2n) is 16.9. The van der Waals surface area contributed by atoms with E-state index in [0.717, 1.165) is 39.0 Å². The smallest absolute Gasteiger partial charge is 0.252 e. The Bertz CT molecular complexity index is 3040. The van der Waals surface area contributed by atoms with Gasteiger partial charge in [-0.2, -0.15) is 0 Å². The molecule has 0 radical (unpaired) electrons. The third-order valence-electron chi connectivity index (χ3n) is 12.9. The van der Waals surface area contributed by atoms with Crippen LogP contribution in [0.5, 0.6) is 0 Å². The number of anilines is 9. The molecule has 11 rings (SSSR count). The highest BCUT2D eigenvalue weighted by Gasteiger charge is 2.45. The predicted molar refractivity (Wildman–Crippen MR) is 255 cm³/mol. The third kappa shape index (κ3) is 5.38. The fourth-order valence-corrected chi connectivity index (χ4v) is 10.0. The Hall–Kier alpha value is -6.98. The molecule has 3 heterocycles. The molecule has 0 unspecified atom stereocenters. The van der Waals surface area contributed by atoms with E-state index in [1.165, 1.54) is 78.3 Å². The molecule has 0 fully saturated rings. The largest absolute Gasteiger partial charge is 0.454 e. The van der Waals surface area contributed by atoms with E-state index in [2.05, 4.69) is 220 Å². The molecule has 0 saturated carbocycles. The lowest BCUT2D eigenvalue weighted by Gasteiger charge is -2.46. The molecule has 8 aromatic carbocycles. The zero-order chi connectivity index (χ0) is 40.8. The highest BCUT2D eigenvalue weighted by atomic mass is 16.3. The highest BCUT2D eigenvalue weighted by Crippen LogP contribution is 2.51. The number of benzene rings is 8. The van der Waals surface area contributed by atoms with Gasteiger partial charge in [0.05, 0.1) is 11.4 Å². The average Bonchev–Trinajstić information content (AvgIpc) is 3.65. The van der Waals surface area contributed by atoms with E-state index in [1.807, 2.05) is 0 Å². The van der Waals surface area contributed by atoms with Gasteiger partial charge in [-0.1, -0.05) is 129 Å². The van der Waals surface area contributed by atoms with Gasteiger partial charge in [-0.25, -0.2) is 0 Å². The van der Waals surface area contributed by atoms with Crippen LogP contribution in [0.25, 0.3) is 21.9 Å². The zero-order valence-corrected chi connectivity index (χ0v) is 35.0. The van der Waals surface area contributed by atoms with Crippen molar-refractivity contribution in [1.82, 2.24) is 0 Å². The summed E-state index contributed by atoms with van der Waals surface area (Å²) in [6.45, 7) is 13.5. The van der Waals surface area contributed by atoms with Crippen LogP contribution >= 0.6 is 0 Å². The Labute approximate surface area is 353 Å². The van der Waals surface area contributed by atoms with Gasteiger partial charge < -0.3 is 19.1 Å². The van der Waals surface area contributed by atoms with Gasteiger partial charge in [-0.15, -0.1) is 0 Å². The Morgan fingerprint density at radius 3 is 1.58 bits per heavy atom. The van der Waals surface area contributed by atoms with Crippen LogP contribution in [0.4, 0.5) is 51.2 Å². The first-order chi connectivity index (χ1) is 29.3. The lowest BCUT2D eigenvalue weighted by molar-refractivity contribution is 0.669. The van der Waals surface area contributed by atoms with Crippen molar-refractivity contribution in [3.05, 3.63) is 192 Å². The van der Waals surface area contributed by atoms with Crippen LogP contribution in [0.2, 0.25) is 0 Å². The molecular weight excluding hydrogens is 729 g/mol. The summed E-state index contributed by atoms with van der Waals surface area (Å²) >= 11 is 0. The Morgan fingerprint density at radius 1 is 0.483 bits per heavy atom. The van der Waals surface area contributed by atoms with Crippen LogP contribution < -0.4 is 31.1 Å². The zero-order valence-electron chi connectivity index (χ0n) is 35.0. The lowest BCUT2D eigenvalue weighted by atomic mass is 9.33. The van der Waals surface area contributed by atoms with E-state index in [9.17, 15) is 0 Å². The number of hydrogen-bond donors (Lipinski definition) is 0. The van der Waals surface area contributed by atoms with Crippen molar-refractivity contribution < 1.29 is 4.42 Å². The molecule has 5 heteroatoms. The molecule has 0 N–H and O–H groups in total. The lowest BCUT2D eigenvalue weighted by Crippen LogP contribution is -2.61. The van der Waals surface area contributed by atoms with Crippen LogP contribution in [0.3, 0.4) is 0 Å². The van der Waals surface area contributed by atoms with Crippen molar-refractivity contribution in [2.45, 2.75) is 47.5 Å². The normalized spacial score (nSPS) is 12.9. The first-order valence-electron chi connectivity index (χ1n) is 21.2. The summed E-state index contributed by atoms with van der Waals surface area (Å²) in [6.07, 6.45) is 0. The van der Waals surface area contributed by atoms with Gasteiger partial charge >= 0.3 is 0 Å². The SMILES string of the molecule is Cc1ccccc1N1c2cc(N(c3ccc(C(C)C)cc3)c3cccc4c3oc3ccccc34)cc3c2B(c2cccc(C)c21)c1cccc(C)c1N3c1ccccc1C. The van der Waals surface area contributed by atoms with Crippen molar-refractivity contribution in [2.24, 2.45) is 0 Å². The van der Waals surface area contributed by atoms with Gasteiger partial charge in [0.2, 0.25) is 0 Å². The molecule has 9 aromatic rings. The van der Waals surface area contributed by atoms with Gasteiger partial charge in [0.1, 0.15) is 5.58 Å². The van der Waals surface area contributed by atoms with Crippen molar-refractivity contribution in [3.8, 4) is 0 Å². The van der Waals surface area contributed by atoms with Crippen molar-refractivity contribution >= 4 is 96.2 Å². The van der Waals surface area contributed by atoms with E-state index < -0.39 is 0 Å². The second-order valence-corrected chi connectivity index (χ2v) is 16.9. The number of fused-ring (bicyclic) bond motifs is 7. The van der Waals surface area contributed by atoms with E-state index in [0.29, 0.717) is 5.92 Å². The summed E-state index contributed by atoms with van der Waals surface area (Å²) < 4.78 is 6.84.